The van der Waals surface area contributed by atoms with Gasteiger partial charge in [-0.05, 0) is 97.9 Å². The van der Waals surface area contributed by atoms with E-state index in [9.17, 15) is 0 Å². The van der Waals surface area contributed by atoms with Gasteiger partial charge in [0.2, 0.25) is 0 Å². The predicted molar refractivity (Wildman–Crippen MR) is 134 cm³/mol. The van der Waals surface area contributed by atoms with E-state index in [0.717, 1.165) is 0 Å². The molecule has 2 nitrogen and oxygen atoms in total. The summed E-state index contributed by atoms with van der Waals surface area (Å²) in [7, 11) is 10.6. The van der Waals surface area contributed by atoms with E-state index >= 15 is 0 Å². The standard InChI is InChI=1S/2C12H15N.C2H4S2.2Ta/c2*1-3-10-5-4-6-11-9-13(2)8-7-12(10)11;1-3-4-2;;/h2*3,7-9H,2,4-6H2,1H3;1-2H2;;/q;;-2;2*+2/b2*10-3+;;;. The second-order valence-electron chi connectivity index (χ2n) is 7.37. The van der Waals surface area contributed by atoms with Gasteiger partial charge in [-0.15, -0.1) is 0 Å². The molecule has 0 unspecified atom stereocenters. The smallest absolute Gasteiger partial charge is 0.339 e. The summed E-state index contributed by atoms with van der Waals surface area (Å²) in [4.78, 5) is 0. The fourth-order valence-electron chi connectivity index (χ4n) is 4.01. The van der Waals surface area contributed by atoms with E-state index in [4.69, 9.17) is 0 Å². The Balaban J connectivity index is 0.000000490. The van der Waals surface area contributed by atoms with Crippen LogP contribution in [0.4, 0.5) is 0 Å². The zero-order valence-corrected chi connectivity index (χ0v) is 27.4. The molecule has 4 rings (SSSR count). The normalized spacial score (nSPS) is 16.1. The Kier molecular flexibility index (Phi) is 17.0. The first-order valence-corrected chi connectivity index (χ1v) is 12.9. The second-order valence-corrected chi connectivity index (χ2v) is 9.25. The molecular formula is C26H34N2S2Ta2+2. The van der Waals surface area contributed by atoms with Crippen LogP contribution in [0.25, 0.3) is 11.1 Å². The van der Waals surface area contributed by atoms with Crippen molar-refractivity contribution < 1.29 is 53.9 Å². The van der Waals surface area contributed by atoms with Crippen LogP contribution in [0.15, 0.2) is 49.1 Å². The van der Waals surface area contributed by atoms with Crippen LogP contribution in [0.5, 0.6) is 0 Å². The first-order chi connectivity index (χ1) is 14.5. The van der Waals surface area contributed by atoms with Crippen LogP contribution in [0.2, 0.25) is 0 Å². The molecule has 0 amide bonds. The molecule has 2 aromatic heterocycles. The van der Waals surface area contributed by atoms with Crippen LogP contribution < -0.4 is 9.13 Å². The molecule has 0 saturated heterocycles. The van der Waals surface area contributed by atoms with Crippen molar-refractivity contribution in [1.29, 1.82) is 0 Å². The van der Waals surface area contributed by atoms with Crippen LogP contribution in [-0.4, -0.2) is 0 Å². The number of fused-ring (bicyclic) bond motifs is 2. The van der Waals surface area contributed by atoms with Crippen molar-refractivity contribution in [3.05, 3.63) is 97.9 Å². The van der Waals surface area contributed by atoms with E-state index in [2.05, 4.69) is 77.1 Å². The van der Waals surface area contributed by atoms with Crippen molar-refractivity contribution in [2.75, 3.05) is 0 Å². The van der Waals surface area contributed by atoms with Crippen LogP contribution in [0.3, 0.4) is 0 Å². The minimum absolute atomic E-state index is 0. The molecule has 0 fully saturated rings. The van der Waals surface area contributed by atoms with Gasteiger partial charge in [0.1, 0.15) is 0 Å². The second kappa shape index (κ2) is 17.2. The third-order valence-corrected chi connectivity index (χ3v) is 6.12. The van der Waals surface area contributed by atoms with E-state index < -0.39 is 0 Å². The van der Waals surface area contributed by atoms with Gasteiger partial charge < -0.3 is 30.7 Å². The maximum atomic E-state index is 3.88. The molecule has 6 heteroatoms. The Hall–Kier alpha value is -0.299. The Morgan fingerprint density at radius 2 is 1.09 bits per heavy atom. The van der Waals surface area contributed by atoms with Crippen molar-refractivity contribution in [3.8, 4) is 0 Å². The van der Waals surface area contributed by atoms with E-state index in [-0.39, 0.29) is 44.8 Å². The summed E-state index contributed by atoms with van der Waals surface area (Å²) in [5, 5.41) is 0. The largest absolute Gasteiger partial charge is 2.00 e. The monoisotopic (exact) mass is 800 g/mol. The molecule has 0 aromatic carbocycles. The first-order valence-electron chi connectivity index (χ1n) is 10.4. The van der Waals surface area contributed by atoms with Gasteiger partial charge >= 0.3 is 44.8 Å². The minimum atomic E-state index is 0. The number of allylic oxidation sites excluding steroid dienone is 4. The van der Waals surface area contributed by atoms with E-state index in [1.54, 1.807) is 0 Å². The van der Waals surface area contributed by atoms with E-state index in [0.29, 0.717) is 0 Å². The summed E-state index contributed by atoms with van der Waals surface area (Å²) >= 11 is 0. The number of hydrogen-bond donors (Lipinski definition) is 0. The van der Waals surface area contributed by atoms with Crippen LogP contribution in [0.1, 0.15) is 61.8 Å². The molecule has 0 atom stereocenters. The summed E-state index contributed by atoms with van der Waals surface area (Å²) in [6.45, 7) is 4.24. The number of rotatable bonds is 1. The number of pyridine rings is 2. The van der Waals surface area contributed by atoms with Gasteiger partial charge in [0, 0.05) is 14.1 Å². The van der Waals surface area contributed by atoms with Crippen molar-refractivity contribution in [2.45, 2.75) is 52.4 Å². The minimum Gasteiger partial charge on any atom is -0.339 e. The number of nitrogens with zero attached hydrogens (tertiary/aromatic N) is 2. The molecule has 0 bridgehead atoms. The fraction of sp³-hybridized carbons (Fsp3) is 0.308. The molecule has 0 spiro atoms. The zero-order chi connectivity index (χ0) is 21.9. The molecule has 168 valence electrons. The van der Waals surface area contributed by atoms with Crippen molar-refractivity contribution >= 4 is 32.7 Å². The Morgan fingerprint density at radius 1 is 0.719 bits per heavy atom. The predicted octanol–water partition coefficient (Wildman–Crippen LogP) is 6.65. The molecule has 32 heavy (non-hydrogen) atoms. The van der Waals surface area contributed by atoms with Crippen LogP contribution in [-0.2, 0) is 57.6 Å². The van der Waals surface area contributed by atoms with Crippen molar-refractivity contribution in [2.24, 2.45) is 0 Å². The zero-order valence-electron chi connectivity index (χ0n) is 19.3. The maximum Gasteiger partial charge on any atom is 2.00 e. The quantitative estimate of drug-likeness (QED) is 0.182. The Morgan fingerprint density at radius 3 is 1.41 bits per heavy atom. The van der Waals surface area contributed by atoms with Gasteiger partial charge in [0.15, 0.2) is 0 Å². The first kappa shape index (κ1) is 31.7. The molecule has 2 radical (unpaired) electrons. The average Bonchev–Trinajstić information content (AvgIpc) is 2.78. The molecule has 2 aliphatic carbocycles. The van der Waals surface area contributed by atoms with Gasteiger partial charge in [-0.1, -0.05) is 12.2 Å². The van der Waals surface area contributed by atoms with E-state index in [1.165, 1.54) is 93.5 Å². The van der Waals surface area contributed by atoms with Crippen molar-refractivity contribution in [3.63, 3.8) is 0 Å². The van der Waals surface area contributed by atoms with Gasteiger partial charge in [-0.3, -0.25) is 12.5 Å². The molecule has 2 aliphatic rings. The fourth-order valence-corrected chi connectivity index (χ4v) is 4.01. The van der Waals surface area contributed by atoms with E-state index in [1.807, 2.05) is 21.5 Å². The SMILES string of the molecule is [CH2-]SS[CH2-].[CH2-][n+]1ccc2c(c1)CCC/C2=C\C.[CH2-][n+]1ccc2c(c1)CCC/C2=C\C.[Ta+2].[Ta+2]. The number of hydrogen-bond acceptors (Lipinski definition) is 2. The molecule has 2 aromatic rings. The molecule has 0 saturated carbocycles. The van der Waals surface area contributed by atoms with Gasteiger partial charge in [-0.25, -0.2) is 0 Å². The molecular weight excluding hydrogens is 766 g/mol. The molecule has 2 heterocycles. The maximum absolute atomic E-state index is 3.88. The summed E-state index contributed by atoms with van der Waals surface area (Å²) in [6.07, 6.45) is 27.0. The number of aromatic nitrogens is 2. The summed E-state index contributed by atoms with van der Waals surface area (Å²) in [6, 6.07) is 4.35. The summed E-state index contributed by atoms with van der Waals surface area (Å²) in [5.74, 6) is 0. The third-order valence-electron chi connectivity index (χ3n) is 5.46. The Labute approximate surface area is 235 Å². The third kappa shape index (κ3) is 9.52. The molecule has 0 N–H and O–H groups in total. The van der Waals surface area contributed by atoms with Gasteiger partial charge in [0.25, 0.3) is 0 Å². The topological polar surface area (TPSA) is 7.76 Å². The average molecular weight is 801 g/mol. The molecule has 0 aliphatic heterocycles. The van der Waals surface area contributed by atoms with Gasteiger partial charge in [-0.2, -0.15) is 0 Å². The van der Waals surface area contributed by atoms with Gasteiger partial charge in [0.05, 0.1) is 24.8 Å². The van der Waals surface area contributed by atoms with Crippen LogP contribution >= 0.6 is 21.6 Å². The van der Waals surface area contributed by atoms with Crippen molar-refractivity contribution in [1.82, 2.24) is 0 Å². The summed E-state index contributed by atoms with van der Waals surface area (Å²) in [5.41, 5.74) is 8.71. The number of aryl methyl sites for hydroxylation is 2. The Bertz CT molecular complexity index is 822. The summed E-state index contributed by atoms with van der Waals surface area (Å²) < 4.78 is 3.77. The van der Waals surface area contributed by atoms with Crippen LogP contribution in [0, 0.1) is 26.6 Å².